The molecule has 0 N–H and O–H groups in total. The summed E-state index contributed by atoms with van der Waals surface area (Å²) in [6.45, 7) is 9.32. The van der Waals surface area contributed by atoms with Crippen LogP contribution < -0.4 is 4.57 Å². The van der Waals surface area contributed by atoms with Gasteiger partial charge in [0.05, 0.1) is 13.1 Å². The second-order valence-corrected chi connectivity index (χ2v) is 9.82. The molecule has 0 spiro atoms. The fraction of sp³-hybridized carbons (Fsp3) is 0.897. The lowest BCUT2D eigenvalue weighted by Gasteiger charge is -2.05. The van der Waals surface area contributed by atoms with E-state index in [-0.39, 0.29) is 0 Å². The fourth-order valence-corrected chi connectivity index (χ4v) is 4.85. The Morgan fingerprint density at radius 1 is 0.548 bits per heavy atom. The Bertz CT molecular complexity index is 491. The van der Waals surface area contributed by atoms with E-state index in [0.29, 0.717) is 0 Å². The quantitative estimate of drug-likeness (QED) is 0.120. The van der Waals surface area contributed by atoms with Crippen LogP contribution in [0.5, 0.6) is 0 Å². The van der Waals surface area contributed by atoms with E-state index < -0.39 is 0 Å². The van der Waals surface area contributed by atoms with Crippen LogP contribution in [0.15, 0.2) is 12.4 Å². The van der Waals surface area contributed by atoms with Gasteiger partial charge in [-0.1, -0.05) is 124 Å². The van der Waals surface area contributed by atoms with Crippen molar-refractivity contribution in [3.63, 3.8) is 0 Å². The number of rotatable bonds is 23. The summed E-state index contributed by atoms with van der Waals surface area (Å²) in [6.07, 6.45) is 34.3. The molecule has 1 heterocycles. The van der Waals surface area contributed by atoms with E-state index in [9.17, 15) is 0 Å². The third kappa shape index (κ3) is 14.8. The second-order valence-electron chi connectivity index (χ2n) is 9.82. The van der Waals surface area contributed by atoms with E-state index >= 15 is 0 Å². The van der Waals surface area contributed by atoms with Crippen molar-refractivity contribution in [2.45, 2.75) is 169 Å². The fourth-order valence-electron chi connectivity index (χ4n) is 4.85. The van der Waals surface area contributed by atoms with Gasteiger partial charge in [0.1, 0.15) is 12.4 Å². The summed E-state index contributed by atoms with van der Waals surface area (Å²) >= 11 is 0. The Morgan fingerprint density at radius 3 is 1.42 bits per heavy atom. The zero-order valence-electron chi connectivity index (χ0n) is 21.8. The monoisotopic (exact) mass is 433 g/mol. The van der Waals surface area contributed by atoms with Gasteiger partial charge in [0.25, 0.3) is 5.82 Å². The normalized spacial score (nSPS) is 11.5. The number of imidazole rings is 1. The van der Waals surface area contributed by atoms with Crippen molar-refractivity contribution in [2.24, 2.45) is 0 Å². The van der Waals surface area contributed by atoms with E-state index in [4.69, 9.17) is 0 Å². The molecule has 0 fully saturated rings. The standard InChI is InChI=1S/C29H57N2/c1-4-7-9-11-12-13-14-15-16-17-18-19-20-21-22-24-26-31-28-27-30(29(31)6-3)25-23-10-8-5-2/h27-28H,4-26H2,1-3H3/q+1. The van der Waals surface area contributed by atoms with Crippen molar-refractivity contribution < 1.29 is 4.57 Å². The first-order valence-electron chi connectivity index (χ1n) is 14.4. The van der Waals surface area contributed by atoms with Crippen LogP contribution in [-0.2, 0) is 19.5 Å². The van der Waals surface area contributed by atoms with Gasteiger partial charge in [0.2, 0.25) is 0 Å². The molecule has 0 bridgehead atoms. The largest absolute Gasteiger partial charge is 0.256 e. The van der Waals surface area contributed by atoms with Crippen LogP contribution in [0.4, 0.5) is 0 Å². The Balaban J connectivity index is 1.93. The highest BCUT2D eigenvalue weighted by atomic mass is 15.1. The molecule has 0 radical (unpaired) electrons. The van der Waals surface area contributed by atoms with Gasteiger partial charge in [0, 0.05) is 6.42 Å². The highest BCUT2D eigenvalue weighted by molar-refractivity contribution is 4.83. The van der Waals surface area contributed by atoms with Crippen LogP contribution in [-0.4, -0.2) is 4.57 Å². The van der Waals surface area contributed by atoms with Crippen LogP contribution >= 0.6 is 0 Å². The second kappa shape index (κ2) is 21.1. The smallest absolute Gasteiger partial charge is 0.234 e. The van der Waals surface area contributed by atoms with Crippen molar-refractivity contribution in [1.82, 2.24) is 4.57 Å². The molecule has 182 valence electrons. The Hall–Kier alpha value is -0.790. The lowest BCUT2D eigenvalue weighted by Crippen LogP contribution is -2.37. The van der Waals surface area contributed by atoms with E-state index in [1.54, 1.807) is 0 Å². The minimum Gasteiger partial charge on any atom is -0.234 e. The first kappa shape index (κ1) is 28.2. The third-order valence-electron chi connectivity index (χ3n) is 6.91. The van der Waals surface area contributed by atoms with Gasteiger partial charge in [0.15, 0.2) is 0 Å². The first-order valence-corrected chi connectivity index (χ1v) is 14.4. The molecule has 0 atom stereocenters. The molecule has 0 amide bonds. The summed E-state index contributed by atoms with van der Waals surface area (Å²) in [7, 11) is 0. The molecule has 0 aromatic carbocycles. The molecule has 0 aliphatic heterocycles. The first-order chi connectivity index (χ1) is 15.3. The van der Waals surface area contributed by atoms with Crippen LogP contribution in [0.3, 0.4) is 0 Å². The third-order valence-corrected chi connectivity index (χ3v) is 6.91. The van der Waals surface area contributed by atoms with Gasteiger partial charge >= 0.3 is 0 Å². The molecular formula is C29H57N2+. The summed E-state index contributed by atoms with van der Waals surface area (Å²) in [5, 5.41) is 0. The van der Waals surface area contributed by atoms with E-state index in [0.717, 1.165) is 6.42 Å². The molecule has 0 saturated carbocycles. The molecule has 31 heavy (non-hydrogen) atoms. The number of nitrogens with zero attached hydrogens (tertiary/aromatic N) is 2. The number of aromatic nitrogens is 2. The molecule has 2 nitrogen and oxygen atoms in total. The summed E-state index contributed by atoms with van der Waals surface area (Å²) in [4.78, 5) is 0. The number of unbranched alkanes of at least 4 members (excludes halogenated alkanes) is 18. The minimum atomic E-state index is 1.15. The minimum absolute atomic E-state index is 1.15. The maximum absolute atomic E-state index is 2.52. The molecule has 0 saturated heterocycles. The highest BCUT2D eigenvalue weighted by Crippen LogP contribution is 2.14. The van der Waals surface area contributed by atoms with Gasteiger partial charge in [-0.15, -0.1) is 0 Å². The molecule has 0 aliphatic carbocycles. The van der Waals surface area contributed by atoms with Gasteiger partial charge in [-0.05, 0) is 25.7 Å². The Morgan fingerprint density at radius 2 is 0.968 bits per heavy atom. The SMILES string of the molecule is CCCCCCCCCCCCCCCCCC[n+]1ccn(CCCCCC)c1CC. The van der Waals surface area contributed by atoms with Crippen molar-refractivity contribution in [3.8, 4) is 0 Å². The molecular weight excluding hydrogens is 376 g/mol. The van der Waals surface area contributed by atoms with Crippen molar-refractivity contribution in [1.29, 1.82) is 0 Å². The number of hydrogen-bond donors (Lipinski definition) is 0. The molecule has 1 aromatic heterocycles. The van der Waals surface area contributed by atoms with Gasteiger partial charge in [-0.2, -0.15) is 0 Å². The highest BCUT2D eigenvalue weighted by Gasteiger charge is 2.14. The summed E-state index contributed by atoms with van der Waals surface area (Å²) in [5.74, 6) is 1.53. The van der Waals surface area contributed by atoms with Crippen LogP contribution in [0.25, 0.3) is 0 Å². The van der Waals surface area contributed by atoms with Gasteiger partial charge in [-0.25, -0.2) is 9.13 Å². The van der Waals surface area contributed by atoms with Crippen molar-refractivity contribution in [3.05, 3.63) is 18.2 Å². The number of hydrogen-bond acceptors (Lipinski definition) is 0. The zero-order chi connectivity index (χ0) is 22.4. The lowest BCUT2D eigenvalue weighted by atomic mass is 10.0. The van der Waals surface area contributed by atoms with E-state index in [1.165, 1.54) is 147 Å². The Kier molecular flexibility index (Phi) is 19.2. The van der Waals surface area contributed by atoms with E-state index in [1.807, 2.05) is 0 Å². The van der Waals surface area contributed by atoms with Crippen molar-refractivity contribution in [2.75, 3.05) is 0 Å². The predicted octanol–water partition coefficient (Wildman–Crippen LogP) is 9.18. The molecule has 0 unspecified atom stereocenters. The molecule has 1 rings (SSSR count). The zero-order valence-corrected chi connectivity index (χ0v) is 21.8. The molecule has 1 aromatic rings. The predicted molar refractivity (Wildman–Crippen MR) is 138 cm³/mol. The maximum Gasteiger partial charge on any atom is 0.256 e. The maximum atomic E-state index is 2.52. The summed E-state index contributed by atoms with van der Waals surface area (Å²) in [5.41, 5.74) is 0. The van der Waals surface area contributed by atoms with E-state index in [2.05, 4.69) is 42.3 Å². The average molecular weight is 434 g/mol. The van der Waals surface area contributed by atoms with Crippen molar-refractivity contribution >= 4 is 0 Å². The summed E-state index contributed by atoms with van der Waals surface area (Å²) < 4.78 is 5.02. The van der Waals surface area contributed by atoms with Crippen LogP contribution in [0.1, 0.15) is 155 Å². The molecule has 2 heteroatoms. The summed E-state index contributed by atoms with van der Waals surface area (Å²) in [6, 6.07) is 0. The van der Waals surface area contributed by atoms with Gasteiger partial charge < -0.3 is 0 Å². The molecule has 0 aliphatic rings. The van der Waals surface area contributed by atoms with Crippen LogP contribution in [0, 0.1) is 0 Å². The average Bonchev–Trinajstić information content (AvgIpc) is 3.18. The number of aryl methyl sites for hydroxylation is 2. The Labute approximate surface area is 196 Å². The topological polar surface area (TPSA) is 8.81 Å². The van der Waals surface area contributed by atoms with Crippen LogP contribution in [0.2, 0.25) is 0 Å². The van der Waals surface area contributed by atoms with Gasteiger partial charge in [-0.3, -0.25) is 0 Å². The lowest BCUT2D eigenvalue weighted by molar-refractivity contribution is -0.704.